The van der Waals surface area contributed by atoms with Gasteiger partial charge in [-0.25, -0.2) is 0 Å². The molecule has 1 aliphatic heterocycles. The number of hydrogen-bond donors (Lipinski definition) is 0. The van der Waals surface area contributed by atoms with Crippen molar-refractivity contribution in [3.8, 4) is 0 Å². The normalized spacial score (nSPS) is 19.9. The second-order valence-corrected chi connectivity index (χ2v) is 7.31. The number of rotatable bonds is 5. The van der Waals surface area contributed by atoms with Crippen molar-refractivity contribution in [1.82, 2.24) is 14.2 Å². The van der Waals surface area contributed by atoms with E-state index in [1.54, 1.807) is 0 Å². The molecule has 1 saturated carbocycles. The van der Waals surface area contributed by atoms with Gasteiger partial charge in [-0.1, -0.05) is 19.1 Å². The topological polar surface area (TPSA) is 10.9 Å². The molecular formula is C19H25N3. The first-order chi connectivity index (χ1) is 10.7. The van der Waals surface area contributed by atoms with Gasteiger partial charge in [-0.05, 0) is 47.7 Å². The van der Waals surface area contributed by atoms with Crippen LogP contribution >= 0.6 is 0 Å². The van der Waals surface area contributed by atoms with E-state index in [9.17, 15) is 0 Å². The predicted octanol–water partition coefficient (Wildman–Crippen LogP) is 3.50. The number of pyridine rings is 1. The lowest BCUT2D eigenvalue weighted by molar-refractivity contribution is -0.0645. The first kappa shape index (κ1) is 13.9. The minimum absolute atomic E-state index is 0.722. The Kier molecular flexibility index (Phi) is 3.26. The molecule has 1 aliphatic carbocycles. The lowest BCUT2D eigenvalue weighted by Gasteiger charge is -2.56. The summed E-state index contributed by atoms with van der Waals surface area (Å²) in [5.41, 5.74) is 4.74. The summed E-state index contributed by atoms with van der Waals surface area (Å²) in [6.07, 6.45) is 10.8. The second kappa shape index (κ2) is 5.17. The van der Waals surface area contributed by atoms with Gasteiger partial charge in [0.2, 0.25) is 0 Å². The van der Waals surface area contributed by atoms with E-state index in [0.29, 0.717) is 0 Å². The van der Waals surface area contributed by atoms with E-state index in [1.165, 1.54) is 49.0 Å². The standard InChI is InChI=1S/C19H25N3/c1-3-20(2)10-17-9-18-6-5-16(12-22(18)13-17)11-21-14-19(15-21)7-4-8-19/h3,5-6,9,12-13H,1,4,7-8,10-11,14-15H2,2H3. The van der Waals surface area contributed by atoms with Crippen molar-refractivity contribution in [3.05, 3.63) is 54.5 Å². The van der Waals surface area contributed by atoms with Crippen molar-refractivity contribution in [3.63, 3.8) is 0 Å². The van der Waals surface area contributed by atoms with Crippen molar-refractivity contribution in [2.45, 2.75) is 32.4 Å². The van der Waals surface area contributed by atoms with Crippen molar-refractivity contribution in [1.29, 1.82) is 0 Å². The fraction of sp³-hybridized carbons (Fsp3) is 0.474. The average Bonchev–Trinajstić information content (AvgIpc) is 2.81. The molecule has 0 atom stereocenters. The van der Waals surface area contributed by atoms with Gasteiger partial charge in [0.05, 0.1) is 0 Å². The molecule has 0 bridgehead atoms. The Balaban J connectivity index is 1.45. The molecule has 3 heteroatoms. The molecule has 0 N–H and O–H groups in total. The minimum atomic E-state index is 0.722. The molecule has 1 saturated heterocycles. The van der Waals surface area contributed by atoms with Crippen LogP contribution < -0.4 is 0 Å². The molecule has 0 unspecified atom stereocenters. The van der Waals surface area contributed by atoms with Gasteiger partial charge < -0.3 is 9.30 Å². The van der Waals surface area contributed by atoms with Crippen LogP contribution in [0.1, 0.15) is 30.4 Å². The van der Waals surface area contributed by atoms with Crippen LogP contribution in [0.2, 0.25) is 0 Å². The van der Waals surface area contributed by atoms with Gasteiger partial charge >= 0.3 is 0 Å². The number of nitrogens with zero attached hydrogens (tertiary/aromatic N) is 3. The molecule has 1 spiro atoms. The summed E-state index contributed by atoms with van der Waals surface area (Å²) in [7, 11) is 2.06. The molecule has 2 aromatic heterocycles. The molecule has 3 heterocycles. The van der Waals surface area contributed by atoms with Gasteiger partial charge in [-0.2, -0.15) is 0 Å². The molecule has 0 amide bonds. The average molecular weight is 295 g/mol. The summed E-state index contributed by atoms with van der Waals surface area (Å²) in [4.78, 5) is 4.70. The predicted molar refractivity (Wildman–Crippen MR) is 90.6 cm³/mol. The van der Waals surface area contributed by atoms with Gasteiger partial charge in [0.15, 0.2) is 0 Å². The highest BCUT2D eigenvalue weighted by Gasteiger charge is 2.46. The Morgan fingerprint density at radius 2 is 2.00 bits per heavy atom. The van der Waals surface area contributed by atoms with E-state index in [0.717, 1.165) is 18.5 Å². The molecular weight excluding hydrogens is 270 g/mol. The largest absolute Gasteiger partial charge is 0.377 e. The van der Waals surface area contributed by atoms with E-state index in [4.69, 9.17) is 0 Å². The highest BCUT2D eigenvalue weighted by atomic mass is 15.2. The smallest absolute Gasteiger partial charge is 0.0453 e. The van der Waals surface area contributed by atoms with Gasteiger partial charge in [-0.15, -0.1) is 0 Å². The van der Waals surface area contributed by atoms with Crippen LogP contribution in [-0.4, -0.2) is 34.3 Å². The number of fused-ring (bicyclic) bond motifs is 1. The van der Waals surface area contributed by atoms with E-state index in [-0.39, 0.29) is 0 Å². The first-order valence-corrected chi connectivity index (χ1v) is 8.31. The van der Waals surface area contributed by atoms with Crippen LogP contribution in [0, 0.1) is 5.41 Å². The Labute approximate surface area is 132 Å². The van der Waals surface area contributed by atoms with E-state index >= 15 is 0 Å². The van der Waals surface area contributed by atoms with Crippen LogP contribution in [0.15, 0.2) is 43.4 Å². The van der Waals surface area contributed by atoms with Gasteiger partial charge in [-0.3, -0.25) is 4.90 Å². The third-order valence-electron chi connectivity index (χ3n) is 5.39. The Morgan fingerprint density at radius 1 is 1.23 bits per heavy atom. The molecule has 2 fully saturated rings. The van der Waals surface area contributed by atoms with Crippen molar-refractivity contribution >= 4 is 5.52 Å². The summed E-state index contributed by atoms with van der Waals surface area (Å²) in [6.45, 7) is 8.44. The quantitative estimate of drug-likeness (QED) is 0.836. The molecule has 22 heavy (non-hydrogen) atoms. The number of hydrogen-bond acceptors (Lipinski definition) is 2. The maximum atomic E-state index is 3.81. The third-order valence-corrected chi connectivity index (χ3v) is 5.39. The zero-order chi connectivity index (χ0) is 15.2. The van der Waals surface area contributed by atoms with Gasteiger partial charge in [0.25, 0.3) is 0 Å². The van der Waals surface area contributed by atoms with E-state index in [1.807, 2.05) is 6.20 Å². The van der Waals surface area contributed by atoms with E-state index in [2.05, 4.69) is 58.4 Å². The fourth-order valence-corrected chi connectivity index (χ4v) is 4.01. The van der Waals surface area contributed by atoms with Gasteiger partial charge in [0.1, 0.15) is 0 Å². The fourth-order valence-electron chi connectivity index (χ4n) is 4.01. The highest BCUT2D eigenvalue weighted by Crippen LogP contribution is 2.48. The Bertz CT molecular complexity index is 688. The minimum Gasteiger partial charge on any atom is -0.377 e. The molecule has 2 aliphatic rings. The van der Waals surface area contributed by atoms with Gasteiger partial charge in [0, 0.05) is 51.1 Å². The van der Waals surface area contributed by atoms with Crippen LogP contribution in [0.3, 0.4) is 0 Å². The maximum Gasteiger partial charge on any atom is 0.0453 e. The zero-order valence-electron chi connectivity index (χ0n) is 13.5. The molecule has 4 rings (SSSR count). The SMILES string of the molecule is C=CN(C)Cc1cc2ccc(CN3CC4(CCC4)C3)cn2c1. The number of likely N-dealkylation sites (tertiary alicyclic amines) is 1. The lowest BCUT2D eigenvalue weighted by atomic mass is 9.63. The Morgan fingerprint density at radius 3 is 2.68 bits per heavy atom. The summed E-state index contributed by atoms with van der Waals surface area (Å²) < 4.78 is 2.26. The molecule has 2 aromatic rings. The summed E-state index contributed by atoms with van der Waals surface area (Å²) in [5.74, 6) is 0. The van der Waals surface area contributed by atoms with Crippen LogP contribution in [0.5, 0.6) is 0 Å². The second-order valence-electron chi connectivity index (χ2n) is 7.31. The lowest BCUT2D eigenvalue weighted by Crippen LogP contribution is -2.58. The monoisotopic (exact) mass is 295 g/mol. The summed E-state index contributed by atoms with van der Waals surface area (Å²) in [6, 6.07) is 6.78. The van der Waals surface area contributed by atoms with E-state index < -0.39 is 0 Å². The number of aromatic nitrogens is 1. The van der Waals surface area contributed by atoms with Crippen LogP contribution in [0.25, 0.3) is 5.52 Å². The first-order valence-electron chi connectivity index (χ1n) is 8.31. The molecule has 3 nitrogen and oxygen atoms in total. The summed E-state index contributed by atoms with van der Waals surface area (Å²) >= 11 is 0. The summed E-state index contributed by atoms with van der Waals surface area (Å²) in [5, 5.41) is 0. The third kappa shape index (κ3) is 2.44. The highest BCUT2D eigenvalue weighted by molar-refractivity contribution is 5.51. The van der Waals surface area contributed by atoms with Crippen molar-refractivity contribution in [2.24, 2.45) is 5.41 Å². The molecule has 116 valence electrons. The van der Waals surface area contributed by atoms with Crippen molar-refractivity contribution in [2.75, 3.05) is 20.1 Å². The van der Waals surface area contributed by atoms with Crippen LogP contribution in [-0.2, 0) is 13.1 Å². The Hall–Kier alpha value is -1.74. The maximum absolute atomic E-state index is 3.81. The van der Waals surface area contributed by atoms with Crippen molar-refractivity contribution < 1.29 is 0 Å². The molecule has 0 aromatic carbocycles. The zero-order valence-corrected chi connectivity index (χ0v) is 13.5. The molecule has 0 radical (unpaired) electrons. The van der Waals surface area contributed by atoms with Crippen LogP contribution in [0.4, 0.5) is 0 Å².